The summed E-state index contributed by atoms with van der Waals surface area (Å²) in [6.07, 6.45) is 7.17. The molecule has 0 aliphatic carbocycles. The van der Waals surface area contributed by atoms with E-state index in [4.69, 9.17) is 9.47 Å². The summed E-state index contributed by atoms with van der Waals surface area (Å²) in [4.78, 5) is 10.8. The first kappa shape index (κ1) is 20.4. The summed E-state index contributed by atoms with van der Waals surface area (Å²) in [5.74, 6) is 2.11. The Morgan fingerprint density at radius 1 is 1.07 bits per heavy atom. The Balaban J connectivity index is 1.74. The van der Waals surface area contributed by atoms with Gasteiger partial charge in [-0.25, -0.2) is 0 Å². The third-order valence-electron chi connectivity index (χ3n) is 5.95. The Labute approximate surface area is 169 Å². The number of carbonyl (C=O) groups is 1. The fourth-order valence-electron chi connectivity index (χ4n) is 4.23. The van der Waals surface area contributed by atoms with Crippen LogP contribution in [-0.4, -0.2) is 19.0 Å². The Kier molecular flexibility index (Phi) is 6.12. The van der Waals surface area contributed by atoms with Gasteiger partial charge in [0.05, 0.1) is 7.11 Å². The van der Waals surface area contributed by atoms with E-state index in [1.165, 1.54) is 27.8 Å². The molecule has 0 fully saturated rings. The fourth-order valence-corrected chi connectivity index (χ4v) is 4.23. The predicted molar refractivity (Wildman–Crippen MR) is 114 cm³/mol. The average molecular weight is 381 g/mol. The van der Waals surface area contributed by atoms with Gasteiger partial charge in [0.15, 0.2) is 0 Å². The molecule has 2 aromatic carbocycles. The molecule has 0 atom stereocenters. The van der Waals surface area contributed by atoms with Crippen molar-refractivity contribution < 1.29 is 14.3 Å². The fraction of sp³-hybridized carbons (Fsp3) is 0.480. The molecule has 2 aromatic rings. The number of hydrogen-bond donors (Lipinski definition) is 0. The van der Waals surface area contributed by atoms with Crippen molar-refractivity contribution in [2.75, 3.05) is 7.11 Å². The molecule has 0 radical (unpaired) electrons. The van der Waals surface area contributed by atoms with Crippen LogP contribution in [0.3, 0.4) is 0 Å². The number of carbonyl (C=O) groups excluding carboxylic acids is 1. The van der Waals surface area contributed by atoms with Gasteiger partial charge in [-0.15, -0.1) is 0 Å². The van der Waals surface area contributed by atoms with E-state index in [-0.39, 0.29) is 5.60 Å². The second-order valence-electron chi connectivity index (χ2n) is 8.50. The van der Waals surface area contributed by atoms with Crippen LogP contribution in [0.5, 0.6) is 11.5 Å². The third kappa shape index (κ3) is 4.24. The molecule has 0 spiro atoms. The van der Waals surface area contributed by atoms with Crippen molar-refractivity contribution in [3.05, 3.63) is 57.6 Å². The van der Waals surface area contributed by atoms with Crippen LogP contribution in [0, 0.1) is 13.8 Å². The van der Waals surface area contributed by atoms with Crippen molar-refractivity contribution in [2.24, 2.45) is 0 Å². The highest BCUT2D eigenvalue weighted by molar-refractivity contribution is 5.74. The highest BCUT2D eigenvalue weighted by Crippen LogP contribution is 2.44. The highest BCUT2D eigenvalue weighted by atomic mass is 16.5. The quantitative estimate of drug-likeness (QED) is 0.450. The van der Waals surface area contributed by atoms with E-state index in [0.29, 0.717) is 0 Å². The zero-order valence-electron chi connectivity index (χ0n) is 17.9. The standard InChI is InChI=1S/C25H32O3/c1-17-22-14-15-25(3,4)28-24(22)18(2)21(23(17)27-5)9-7-6-8-19-10-12-20(16-26)13-11-19/h10-13,16H,6-9,14-15H2,1-5H3. The molecular formula is C25H32O3. The molecule has 0 bridgehead atoms. The number of aryl methyl sites for hydroxylation is 1. The van der Waals surface area contributed by atoms with Crippen molar-refractivity contribution in [3.63, 3.8) is 0 Å². The number of methoxy groups -OCH3 is 1. The van der Waals surface area contributed by atoms with Gasteiger partial charge in [0, 0.05) is 16.7 Å². The second-order valence-corrected chi connectivity index (χ2v) is 8.50. The minimum atomic E-state index is -0.107. The maximum absolute atomic E-state index is 10.8. The number of ether oxygens (including phenoxy) is 2. The Bertz CT molecular complexity index is 847. The lowest BCUT2D eigenvalue weighted by Crippen LogP contribution is -2.33. The van der Waals surface area contributed by atoms with Crippen LogP contribution in [0.1, 0.15) is 71.3 Å². The van der Waals surface area contributed by atoms with E-state index in [9.17, 15) is 4.79 Å². The summed E-state index contributed by atoms with van der Waals surface area (Å²) in [6, 6.07) is 7.88. The van der Waals surface area contributed by atoms with Crippen LogP contribution >= 0.6 is 0 Å². The molecule has 0 aromatic heterocycles. The minimum Gasteiger partial charge on any atom is -0.496 e. The van der Waals surface area contributed by atoms with Gasteiger partial charge in [0.2, 0.25) is 0 Å². The molecule has 3 rings (SSSR count). The van der Waals surface area contributed by atoms with Crippen LogP contribution in [0.25, 0.3) is 0 Å². The third-order valence-corrected chi connectivity index (χ3v) is 5.95. The van der Waals surface area contributed by atoms with Gasteiger partial charge in [0.25, 0.3) is 0 Å². The molecule has 0 saturated carbocycles. The number of fused-ring (bicyclic) bond motifs is 1. The summed E-state index contributed by atoms with van der Waals surface area (Å²) in [6.45, 7) is 8.68. The summed E-state index contributed by atoms with van der Waals surface area (Å²) in [5.41, 5.74) is 6.97. The van der Waals surface area contributed by atoms with E-state index in [2.05, 4.69) is 39.8 Å². The van der Waals surface area contributed by atoms with Crippen molar-refractivity contribution in [1.82, 2.24) is 0 Å². The van der Waals surface area contributed by atoms with Crippen molar-refractivity contribution in [2.45, 2.75) is 71.8 Å². The molecule has 0 amide bonds. The topological polar surface area (TPSA) is 35.5 Å². The molecule has 150 valence electrons. The van der Waals surface area contributed by atoms with Crippen LogP contribution in [-0.2, 0) is 19.3 Å². The van der Waals surface area contributed by atoms with Crippen molar-refractivity contribution in [1.29, 1.82) is 0 Å². The van der Waals surface area contributed by atoms with Gasteiger partial charge in [-0.05, 0) is 82.9 Å². The number of benzene rings is 2. The Morgan fingerprint density at radius 2 is 1.75 bits per heavy atom. The smallest absolute Gasteiger partial charge is 0.150 e. The zero-order valence-corrected chi connectivity index (χ0v) is 17.9. The molecule has 0 unspecified atom stereocenters. The summed E-state index contributed by atoms with van der Waals surface area (Å²) in [7, 11) is 1.78. The van der Waals surface area contributed by atoms with E-state index in [1.807, 2.05) is 12.1 Å². The van der Waals surface area contributed by atoms with E-state index in [1.54, 1.807) is 7.11 Å². The molecular weight excluding hydrogens is 348 g/mol. The van der Waals surface area contributed by atoms with Crippen LogP contribution in [0.15, 0.2) is 24.3 Å². The number of rotatable bonds is 7. The number of unbranched alkanes of at least 4 members (excludes halogenated alkanes) is 1. The molecule has 3 heteroatoms. The lowest BCUT2D eigenvalue weighted by atomic mass is 9.86. The number of hydrogen-bond acceptors (Lipinski definition) is 3. The molecule has 1 heterocycles. The SMILES string of the molecule is COc1c(C)c2c(c(C)c1CCCCc1ccc(C=O)cc1)OC(C)(C)CC2. The Morgan fingerprint density at radius 3 is 2.39 bits per heavy atom. The highest BCUT2D eigenvalue weighted by Gasteiger charge is 2.31. The van der Waals surface area contributed by atoms with Gasteiger partial charge in [-0.3, -0.25) is 4.79 Å². The van der Waals surface area contributed by atoms with Crippen LogP contribution in [0.2, 0.25) is 0 Å². The normalized spacial score (nSPS) is 14.9. The van der Waals surface area contributed by atoms with Crippen LogP contribution in [0.4, 0.5) is 0 Å². The first-order valence-electron chi connectivity index (χ1n) is 10.3. The van der Waals surface area contributed by atoms with Gasteiger partial charge in [0.1, 0.15) is 23.4 Å². The lowest BCUT2D eigenvalue weighted by Gasteiger charge is -2.36. The van der Waals surface area contributed by atoms with E-state index >= 15 is 0 Å². The first-order chi connectivity index (χ1) is 13.4. The monoisotopic (exact) mass is 380 g/mol. The van der Waals surface area contributed by atoms with Gasteiger partial charge in [-0.2, -0.15) is 0 Å². The molecule has 28 heavy (non-hydrogen) atoms. The van der Waals surface area contributed by atoms with Gasteiger partial charge >= 0.3 is 0 Å². The zero-order chi connectivity index (χ0) is 20.3. The maximum atomic E-state index is 10.8. The molecule has 1 aliphatic rings. The first-order valence-corrected chi connectivity index (χ1v) is 10.3. The summed E-state index contributed by atoms with van der Waals surface area (Å²) in [5, 5.41) is 0. The van der Waals surface area contributed by atoms with Gasteiger partial charge < -0.3 is 9.47 Å². The summed E-state index contributed by atoms with van der Waals surface area (Å²) >= 11 is 0. The molecule has 0 N–H and O–H groups in total. The van der Waals surface area contributed by atoms with Crippen molar-refractivity contribution >= 4 is 6.29 Å². The van der Waals surface area contributed by atoms with E-state index < -0.39 is 0 Å². The summed E-state index contributed by atoms with van der Waals surface area (Å²) < 4.78 is 12.2. The van der Waals surface area contributed by atoms with Crippen LogP contribution < -0.4 is 9.47 Å². The molecule has 1 aliphatic heterocycles. The van der Waals surface area contributed by atoms with Gasteiger partial charge in [-0.1, -0.05) is 24.3 Å². The average Bonchev–Trinajstić information content (AvgIpc) is 2.68. The lowest BCUT2D eigenvalue weighted by molar-refractivity contribution is 0.0831. The second kappa shape index (κ2) is 8.38. The van der Waals surface area contributed by atoms with Crippen molar-refractivity contribution in [3.8, 4) is 11.5 Å². The predicted octanol–water partition coefficient (Wildman–Crippen LogP) is 5.79. The number of aldehydes is 1. The minimum absolute atomic E-state index is 0.107. The largest absolute Gasteiger partial charge is 0.496 e. The Hall–Kier alpha value is -2.29. The van der Waals surface area contributed by atoms with E-state index in [0.717, 1.165) is 61.9 Å². The maximum Gasteiger partial charge on any atom is 0.150 e. The molecule has 3 nitrogen and oxygen atoms in total. The molecule has 0 saturated heterocycles.